The number of allylic oxidation sites excluding steroid dienone is 2. The van der Waals surface area contributed by atoms with Crippen molar-refractivity contribution >= 4 is 23.7 Å². The molecule has 8 nitrogen and oxygen atoms in total. The van der Waals surface area contributed by atoms with Crippen LogP contribution in [-0.2, 0) is 33.4 Å². The van der Waals surface area contributed by atoms with Crippen molar-refractivity contribution in [2.45, 2.75) is 65.0 Å². The topological polar surface area (TPSA) is 116 Å². The average molecular weight is 420 g/mol. The maximum atomic E-state index is 12.7. The standard InChI is InChI=1S/C22H28O8/c1-7-12(3)20(25)30-18-17-13(4)21(26)29-15(17)10-11(2)8-9-16(24)22(6,27)19(18)28-14(5)23/h7-9,11,15,17-19,27H,4,10H2,1-3,5-6H3/t11-,15+,17-,18-,19+,22-/m0/s1. The summed E-state index contributed by atoms with van der Waals surface area (Å²) in [7, 11) is 0. The second-order valence-electron chi connectivity index (χ2n) is 7.95. The molecule has 6 atom stereocenters. The number of fused-ring (bicyclic) bond motifs is 1. The third kappa shape index (κ3) is 4.70. The highest BCUT2D eigenvalue weighted by molar-refractivity contribution is 5.98. The van der Waals surface area contributed by atoms with Gasteiger partial charge in [0, 0.05) is 18.1 Å². The van der Waals surface area contributed by atoms with E-state index in [1.807, 2.05) is 6.92 Å². The molecule has 0 aromatic carbocycles. The number of carbonyl (C=O) groups excluding carboxylic acids is 4. The number of esters is 3. The summed E-state index contributed by atoms with van der Waals surface area (Å²) in [6.45, 7) is 11.0. The number of hydrogen-bond acceptors (Lipinski definition) is 8. The van der Waals surface area contributed by atoms with E-state index in [4.69, 9.17) is 14.2 Å². The highest BCUT2D eigenvalue weighted by Gasteiger charge is 2.55. The van der Waals surface area contributed by atoms with Crippen molar-refractivity contribution in [3.63, 3.8) is 0 Å². The van der Waals surface area contributed by atoms with Gasteiger partial charge in [-0.2, -0.15) is 0 Å². The van der Waals surface area contributed by atoms with Gasteiger partial charge in [-0.3, -0.25) is 9.59 Å². The number of carbonyl (C=O) groups is 4. The maximum Gasteiger partial charge on any atom is 0.334 e. The normalized spacial score (nSPS) is 34.8. The fourth-order valence-corrected chi connectivity index (χ4v) is 3.60. The molecular weight excluding hydrogens is 392 g/mol. The van der Waals surface area contributed by atoms with Crippen molar-refractivity contribution in [1.82, 2.24) is 0 Å². The zero-order chi connectivity index (χ0) is 22.8. The first-order chi connectivity index (χ1) is 13.9. The van der Waals surface area contributed by atoms with E-state index in [-0.39, 0.29) is 17.1 Å². The lowest BCUT2D eigenvalue weighted by Crippen LogP contribution is -2.58. The van der Waals surface area contributed by atoms with Crippen LogP contribution in [0, 0.1) is 11.8 Å². The minimum atomic E-state index is -2.23. The summed E-state index contributed by atoms with van der Waals surface area (Å²) in [5.74, 6) is -4.03. The molecule has 1 saturated heterocycles. The Morgan fingerprint density at radius 1 is 1.30 bits per heavy atom. The van der Waals surface area contributed by atoms with Gasteiger partial charge in [-0.15, -0.1) is 0 Å². The lowest BCUT2D eigenvalue weighted by atomic mass is 9.77. The third-order valence-electron chi connectivity index (χ3n) is 5.50. The molecule has 0 radical (unpaired) electrons. The number of ether oxygens (including phenoxy) is 3. The van der Waals surface area contributed by atoms with E-state index in [1.54, 1.807) is 13.0 Å². The summed E-state index contributed by atoms with van der Waals surface area (Å²) >= 11 is 0. The van der Waals surface area contributed by atoms with E-state index < -0.39 is 53.5 Å². The third-order valence-corrected chi connectivity index (χ3v) is 5.50. The Labute approximate surface area is 175 Å². The Morgan fingerprint density at radius 2 is 1.93 bits per heavy atom. The van der Waals surface area contributed by atoms with Crippen LogP contribution in [0.2, 0.25) is 0 Å². The molecule has 2 rings (SSSR count). The molecule has 0 aromatic rings. The summed E-state index contributed by atoms with van der Waals surface area (Å²) in [6.07, 6.45) is 0.930. The summed E-state index contributed by atoms with van der Waals surface area (Å²) in [5, 5.41) is 11.1. The number of ketones is 1. The number of hydrogen-bond donors (Lipinski definition) is 1. The molecule has 1 heterocycles. The zero-order valence-corrected chi connectivity index (χ0v) is 17.8. The van der Waals surface area contributed by atoms with Gasteiger partial charge in [-0.1, -0.05) is 25.7 Å². The highest BCUT2D eigenvalue weighted by Crippen LogP contribution is 2.40. The first kappa shape index (κ1) is 23.5. The van der Waals surface area contributed by atoms with Crippen molar-refractivity contribution < 1.29 is 38.5 Å². The summed E-state index contributed by atoms with van der Waals surface area (Å²) in [6, 6.07) is 0. The molecule has 0 saturated carbocycles. The Morgan fingerprint density at radius 3 is 2.50 bits per heavy atom. The van der Waals surface area contributed by atoms with Crippen molar-refractivity contribution in [3.8, 4) is 0 Å². The molecule has 2 aliphatic rings. The molecule has 0 amide bonds. The van der Waals surface area contributed by atoms with Gasteiger partial charge in [0.1, 0.15) is 6.10 Å². The first-order valence-corrected chi connectivity index (χ1v) is 9.76. The summed E-state index contributed by atoms with van der Waals surface area (Å²) in [5.41, 5.74) is -1.95. The Hall–Kier alpha value is -2.74. The van der Waals surface area contributed by atoms with Crippen LogP contribution < -0.4 is 0 Å². The van der Waals surface area contributed by atoms with Crippen molar-refractivity contribution in [2.24, 2.45) is 11.8 Å². The van der Waals surface area contributed by atoms with E-state index in [1.165, 1.54) is 26.0 Å². The molecule has 0 unspecified atom stereocenters. The lowest BCUT2D eigenvalue weighted by Gasteiger charge is -2.39. The van der Waals surface area contributed by atoms with E-state index in [0.717, 1.165) is 6.92 Å². The largest absolute Gasteiger partial charge is 0.458 e. The predicted octanol–water partition coefficient (Wildman–Crippen LogP) is 1.81. The van der Waals surface area contributed by atoms with Crippen molar-refractivity contribution in [2.75, 3.05) is 0 Å². The van der Waals surface area contributed by atoms with Crippen LogP contribution in [0.25, 0.3) is 0 Å². The minimum absolute atomic E-state index is 0.0214. The second kappa shape index (κ2) is 8.95. The number of aliphatic hydroxyl groups is 1. The molecule has 0 bridgehead atoms. The van der Waals surface area contributed by atoms with Gasteiger partial charge in [0.2, 0.25) is 0 Å². The van der Waals surface area contributed by atoms with Gasteiger partial charge in [0.25, 0.3) is 0 Å². The fraction of sp³-hybridized carbons (Fsp3) is 0.545. The van der Waals surface area contributed by atoms with Gasteiger partial charge in [-0.25, -0.2) is 9.59 Å². The van der Waals surface area contributed by atoms with Crippen LogP contribution in [0.1, 0.15) is 41.0 Å². The molecule has 30 heavy (non-hydrogen) atoms. The Bertz CT molecular complexity index is 819. The predicted molar refractivity (Wildman–Crippen MR) is 106 cm³/mol. The van der Waals surface area contributed by atoms with Crippen LogP contribution in [0.4, 0.5) is 0 Å². The average Bonchev–Trinajstić information content (AvgIpc) is 2.94. The van der Waals surface area contributed by atoms with E-state index in [9.17, 15) is 24.3 Å². The van der Waals surface area contributed by atoms with Crippen LogP contribution in [0.3, 0.4) is 0 Å². The maximum absolute atomic E-state index is 12.7. The van der Waals surface area contributed by atoms with Gasteiger partial charge in [0.05, 0.1) is 5.92 Å². The smallest absolute Gasteiger partial charge is 0.334 e. The lowest BCUT2D eigenvalue weighted by molar-refractivity contribution is -0.194. The fourth-order valence-electron chi connectivity index (χ4n) is 3.60. The van der Waals surface area contributed by atoms with Crippen molar-refractivity contribution in [3.05, 3.63) is 36.0 Å². The Kier molecular flexibility index (Phi) is 7.02. The van der Waals surface area contributed by atoms with Crippen LogP contribution in [0.15, 0.2) is 36.0 Å². The van der Waals surface area contributed by atoms with Gasteiger partial charge in [0.15, 0.2) is 23.6 Å². The van der Waals surface area contributed by atoms with Crippen LogP contribution >= 0.6 is 0 Å². The quantitative estimate of drug-likeness (QED) is 0.417. The highest BCUT2D eigenvalue weighted by atomic mass is 16.6. The molecule has 0 spiro atoms. The molecule has 0 aromatic heterocycles. The molecule has 164 valence electrons. The zero-order valence-electron chi connectivity index (χ0n) is 17.8. The minimum Gasteiger partial charge on any atom is -0.458 e. The molecule has 1 aliphatic carbocycles. The molecule has 8 heteroatoms. The molecular formula is C22H28O8. The van der Waals surface area contributed by atoms with E-state index >= 15 is 0 Å². The van der Waals surface area contributed by atoms with Gasteiger partial charge in [-0.05, 0) is 39.2 Å². The summed E-state index contributed by atoms with van der Waals surface area (Å²) < 4.78 is 16.4. The van der Waals surface area contributed by atoms with Gasteiger partial charge < -0.3 is 19.3 Å². The second-order valence-corrected chi connectivity index (χ2v) is 7.95. The SMILES string of the molecule is C=C1C(=O)O[C@@H]2C[C@@H](C)C=CC(=O)[C@](C)(O)[C@H](OC(C)=O)[C@@H](OC(=O)C(C)=CC)[C@@H]12. The first-order valence-electron chi connectivity index (χ1n) is 9.76. The molecule has 1 fully saturated rings. The summed E-state index contributed by atoms with van der Waals surface area (Å²) in [4.78, 5) is 49.5. The number of rotatable bonds is 3. The van der Waals surface area contributed by atoms with Crippen LogP contribution in [-0.4, -0.2) is 52.7 Å². The van der Waals surface area contributed by atoms with E-state index in [0.29, 0.717) is 6.42 Å². The van der Waals surface area contributed by atoms with Crippen molar-refractivity contribution in [1.29, 1.82) is 0 Å². The molecule has 1 aliphatic heterocycles. The molecule has 1 N–H and O–H groups in total. The van der Waals surface area contributed by atoms with E-state index in [2.05, 4.69) is 6.58 Å². The van der Waals surface area contributed by atoms with Gasteiger partial charge >= 0.3 is 17.9 Å². The Balaban J connectivity index is 2.68. The monoisotopic (exact) mass is 420 g/mol. The van der Waals surface area contributed by atoms with Crippen LogP contribution in [0.5, 0.6) is 0 Å².